The molecule has 26 heavy (non-hydrogen) atoms. The molecule has 2 aliphatic heterocycles. The molecule has 4 rings (SSSR count). The molecule has 142 valence electrons. The molecule has 1 saturated carbocycles. The first-order chi connectivity index (χ1) is 12.3. The average Bonchev–Trinajstić information content (AvgIpc) is 3.17. The molecule has 0 unspecified atom stereocenters. The van der Waals surface area contributed by atoms with E-state index in [0.29, 0.717) is 12.8 Å². The van der Waals surface area contributed by atoms with Crippen LogP contribution in [-0.2, 0) is 25.4 Å². The van der Waals surface area contributed by atoms with Crippen molar-refractivity contribution in [2.24, 2.45) is 0 Å². The second-order valence-electron chi connectivity index (χ2n) is 7.71. The fourth-order valence-electron chi connectivity index (χ4n) is 4.58. The Kier molecular flexibility index (Phi) is 4.13. The minimum atomic E-state index is -1.86. The first kappa shape index (κ1) is 17.9. The van der Waals surface area contributed by atoms with Crippen molar-refractivity contribution in [2.45, 2.75) is 74.5 Å². The molecule has 0 bridgehead atoms. The summed E-state index contributed by atoms with van der Waals surface area (Å²) in [5.41, 5.74) is -1.10. The first-order valence-electron chi connectivity index (χ1n) is 9.01. The van der Waals surface area contributed by atoms with Gasteiger partial charge in [0.2, 0.25) is 0 Å². The average molecular weight is 364 g/mol. The molecular weight excluding hydrogens is 340 g/mol. The quantitative estimate of drug-likeness (QED) is 0.740. The van der Waals surface area contributed by atoms with Crippen molar-refractivity contribution in [3.05, 3.63) is 35.9 Å². The summed E-state index contributed by atoms with van der Waals surface area (Å²) >= 11 is 0. The van der Waals surface area contributed by atoms with Crippen LogP contribution in [-0.4, -0.2) is 56.8 Å². The van der Waals surface area contributed by atoms with Crippen LogP contribution in [0.4, 0.5) is 0 Å². The molecule has 1 spiro atoms. The lowest BCUT2D eigenvalue weighted by atomic mass is 9.76. The fourth-order valence-corrected chi connectivity index (χ4v) is 4.58. The van der Waals surface area contributed by atoms with E-state index in [1.165, 1.54) is 0 Å². The third kappa shape index (κ3) is 2.66. The van der Waals surface area contributed by atoms with Crippen LogP contribution in [0.15, 0.2) is 30.3 Å². The Bertz CT molecular complexity index is 686. The molecule has 3 aliphatic rings. The van der Waals surface area contributed by atoms with E-state index >= 15 is 0 Å². The molecule has 7 nitrogen and oxygen atoms in total. The number of aliphatic carboxylic acids is 1. The summed E-state index contributed by atoms with van der Waals surface area (Å²) in [5.74, 6) is -3.69. The van der Waals surface area contributed by atoms with Crippen molar-refractivity contribution in [1.29, 1.82) is 0 Å². The number of aliphatic hydroxyl groups is 2. The maximum atomic E-state index is 11.7. The van der Waals surface area contributed by atoms with Crippen LogP contribution in [0.25, 0.3) is 0 Å². The SMILES string of the molecule is C[C@]12O[C@H](C(=O)O)[C@@H](O)[C@@](O)(Cc3ccccc3)[C@H]1OC1(CCCC1)O2. The zero-order valence-corrected chi connectivity index (χ0v) is 14.6. The van der Waals surface area contributed by atoms with E-state index in [1.807, 2.05) is 30.3 Å². The van der Waals surface area contributed by atoms with Crippen molar-refractivity contribution in [1.82, 2.24) is 0 Å². The molecule has 2 saturated heterocycles. The number of rotatable bonds is 3. The van der Waals surface area contributed by atoms with Crippen molar-refractivity contribution < 1.29 is 34.3 Å². The van der Waals surface area contributed by atoms with Gasteiger partial charge in [-0.3, -0.25) is 0 Å². The van der Waals surface area contributed by atoms with Crippen molar-refractivity contribution in [2.75, 3.05) is 0 Å². The minimum absolute atomic E-state index is 0.0296. The predicted molar refractivity (Wildman–Crippen MR) is 89.2 cm³/mol. The van der Waals surface area contributed by atoms with Gasteiger partial charge in [-0.05, 0) is 25.3 Å². The van der Waals surface area contributed by atoms with Crippen molar-refractivity contribution in [3.8, 4) is 0 Å². The van der Waals surface area contributed by atoms with Crippen molar-refractivity contribution in [3.63, 3.8) is 0 Å². The Morgan fingerprint density at radius 1 is 1.19 bits per heavy atom. The van der Waals surface area contributed by atoms with Gasteiger partial charge in [0.15, 0.2) is 17.7 Å². The predicted octanol–water partition coefficient (Wildman–Crippen LogP) is 1.21. The number of fused-ring (bicyclic) bond motifs is 1. The number of hydrogen-bond donors (Lipinski definition) is 3. The number of benzene rings is 1. The van der Waals surface area contributed by atoms with Crippen LogP contribution < -0.4 is 0 Å². The van der Waals surface area contributed by atoms with Gasteiger partial charge < -0.3 is 29.5 Å². The molecular formula is C19H24O7. The van der Waals surface area contributed by atoms with Crippen LogP contribution in [0.1, 0.15) is 38.2 Å². The number of hydrogen-bond acceptors (Lipinski definition) is 6. The smallest absolute Gasteiger partial charge is 0.335 e. The second kappa shape index (κ2) is 6.00. The Balaban J connectivity index is 1.74. The van der Waals surface area contributed by atoms with Crippen LogP contribution in [0.2, 0.25) is 0 Å². The van der Waals surface area contributed by atoms with Gasteiger partial charge >= 0.3 is 5.97 Å². The summed E-state index contributed by atoms with van der Waals surface area (Å²) in [6.45, 7) is 1.59. The Morgan fingerprint density at radius 2 is 1.85 bits per heavy atom. The normalized spacial score (nSPS) is 41.3. The zero-order valence-electron chi connectivity index (χ0n) is 14.6. The number of carboxylic acids is 1. The monoisotopic (exact) mass is 364 g/mol. The summed E-state index contributed by atoms with van der Waals surface area (Å²) in [7, 11) is 0. The van der Waals surface area contributed by atoms with Gasteiger partial charge in [-0.25, -0.2) is 4.79 Å². The molecule has 3 N–H and O–H groups in total. The van der Waals surface area contributed by atoms with Gasteiger partial charge in [0.05, 0.1) is 0 Å². The Labute approximate surface area is 151 Å². The van der Waals surface area contributed by atoms with E-state index in [-0.39, 0.29) is 6.42 Å². The van der Waals surface area contributed by atoms with Gasteiger partial charge in [-0.2, -0.15) is 0 Å². The van der Waals surface area contributed by atoms with Gasteiger partial charge in [-0.15, -0.1) is 0 Å². The molecule has 1 aromatic carbocycles. The van der Waals surface area contributed by atoms with E-state index in [4.69, 9.17) is 14.2 Å². The molecule has 3 fully saturated rings. The topological polar surface area (TPSA) is 105 Å². The summed E-state index contributed by atoms with van der Waals surface area (Å²) in [5, 5.41) is 31.7. The molecule has 7 heteroatoms. The third-order valence-corrected chi connectivity index (χ3v) is 5.75. The highest BCUT2D eigenvalue weighted by Gasteiger charge is 2.70. The van der Waals surface area contributed by atoms with Gasteiger partial charge in [0.1, 0.15) is 17.8 Å². The van der Waals surface area contributed by atoms with Gasteiger partial charge in [0.25, 0.3) is 0 Å². The lowest BCUT2D eigenvalue weighted by Gasteiger charge is -2.49. The highest BCUT2D eigenvalue weighted by atomic mass is 16.9. The van der Waals surface area contributed by atoms with E-state index in [2.05, 4.69) is 0 Å². The van der Waals surface area contributed by atoms with E-state index < -0.39 is 41.5 Å². The van der Waals surface area contributed by atoms with Crippen LogP contribution in [0, 0.1) is 0 Å². The minimum Gasteiger partial charge on any atom is -0.479 e. The summed E-state index contributed by atoms with van der Waals surface area (Å²) < 4.78 is 17.9. The van der Waals surface area contributed by atoms with Gasteiger partial charge in [0, 0.05) is 19.3 Å². The fraction of sp³-hybridized carbons (Fsp3) is 0.632. The number of carbonyl (C=O) groups is 1. The standard InChI is InChI=1S/C19H24O7/c1-17-16(25-18(26-17)9-5-6-10-18)19(23,11-12-7-3-2-4-8-12)14(20)13(24-17)15(21)22/h2-4,7-8,13-14,16,20,23H,5-6,9-11H2,1H3,(H,21,22)/t13-,14+,16-,17+,19-/m0/s1. The lowest BCUT2D eigenvalue weighted by molar-refractivity contribution is -0.330. The van der Waals surface area contributed by atoms with Crippen LogP contribution in [0.3, 0.4) is 0 Å². The van der Waals surface area contributed by atoms with Crippen molar-refractivity contribution >= 4 is 5.97 Å². The lowest BCUT2D eigenvalue weighted by Crippen LogP contribution is -2.71. The third-order valence-electron chi connectivity index (χ3n) is 5.75. The Morgan fingerprint density at radius 3 is 2.46 bits per heavy atom. The highest BCUT2D eigenvalue weighted by Crippen LogP contribution is 2.53. The number of aliphatic hydroxyl groups excluding tert-OH is 1. The second-order valence-corrected chi connectivity index (χ2v) is 7.71. The molecule has 1 aliphatic carbocycles. The Hall–Kier alpha value is -1.51. The van der Waals surface area contributed by atoms with Crippen LogP contribution >= 0.6 is 0 Å². The summed E-state index contributed by atoms with van der Waals surface area (Å²) in [6.07, 6.45) is -1.09. The van der Waals surface area contributed by atoms with E-state index in [1.54, 1.807) is 6.92 Å². The van der Waals surface area contributed by atoms with Gasteiger partial charge in [-0.1, -0.05) is 30.3 Å². The van der Waals surface area contributed by atoms with E-state index in [0.717, 1.165) is 18.4 Å². The molecule has 0 radical (unpaired) electrons. The van der Waals surface area contributed by atoms with Crippen LogP contribution in [0.5, 0.6) is 0 Å². The largest absolute Gasteiger partial charge is 0.479 e. The maximum Gasteiger partial charge on any atom is 0.335 e. The molecule has 1 aromatic rings. The molecule has 0 aromatic heterocycles. The van der Waals surface area contributed by atoms with E-state index in [9.17, 15) is 20.1 Å². The number of ether oxygens (including phenoxy) is 3. The molecule has 0 amide bonds. The zero-order chi connectivity index (χ0) is 18.6. The highest BCUT2D eigenvalue weighted by molar-refractivity contribution is 5.73. The molecule has 5 atom stereocenters. The maximum absolute atomic E-state index is 11.7. The number of carboxylic acid groups (broad SMARTS) is 1. The first-order valence-corrected chi connectivity index (χ1v) is 9.01. The summed E-state index contributed by atoms with van der Waals surface area (Å²) in [4.78, 5) is 11.7. The summed E-state index contributed by atoms with van der Waals surface area (Å²) in [6, 6.07) is 9.12. The molecule has 2 heterocycles.